The van der Waals surface area contributed by atoms with Crippen LogP contribution in [-0.2, 0) is 0 Å². The average Bonchev–Trinajstić information content (AvgIpc) is 2.41. The summed E-state index contributed by atoms with van der Waals surface area (Å²) in [7, 11) is 1.61. The fourth-order valence-corrected chi connectivity index (χ4v) is 1.82. The van der Waals surface area contributed by atoms with Crippen molar-refractivity contribution in [3.63, 3.8) is 0 Å². The molecular weight excluding hydrogens is 248 g/mol. The zero-order valence-electron chi connectivity index (χ0n) is 9.91. The molecule has 3 nitrogen and oxygen atoms in total. The lowest BCUT2D eigenvalue weighted by Gasteiger charge is -2.12. The van der Waals surface area contributed by atoms with Crippen LogP contribution in [0.1, 0.15) is 10.4 Å². The lowest BCUT2D eigenvalue weighted by atomic mass is 10.1. The van der Waals surface area contributed by atoms with Crippen molar-refractivity contribution in [3.05, 3.63) is 59.1 Å². The van der Waals surface area contributed by atoms with E-state index >= 15 is 0 Å². The van der Waals surface area contributed by atoms with Crippen LogP contribution in [0.5, 0.6) is 0 Å². The van der Waals surface area contributed by atoms with Crippen LogP contribution in [0.2, 0.25) is 5.02 Å². The first-order valence-electron chi connectivity index (χ1n) is 5.55. The maximum Gasteiger partial charge on any atom is 0.253 e. The molecule has 0 bridgehead atoms. The van der Waals surface area contributed by atoms with Crippen molar-refractivity contribution in [2.24, 2.45) is 0 Å². The van der Waals surface area contributed by atoms with E-state index in [1.165, 1.54) is 0 Å². The van der Waals surface area contributed by atoms with Crippen LogP contribution < -0.4 is 10.6 Å². The second-order valence-electron chi connectivity index (χ2n) is 3.73. The third kappa shape index (κ3) is 2.63. The van der Waals surface area contributed by atoms with Crippen molar-refractivity contribution in [3.8, 4) is 0 Å². The number of para-hydroxylation sites is 2. The summed E-state index contributed by atoms with van der Waals surface area (Å²) in [4.78, 5) is 11.7. The first kappa shape index (κ1) is 12.5. The molecule has 2 aromatic carbocycles. The number of anilines is 2. The molecule has 1 amide bonds. The van der Waals surface area contributed by atoms with Gasteiger partial charge in [-0.2, -0.15) is 0 Å². The van der Waals surface area contributed by atoms with Gasteiger partial charge in [-0.1, -0.05) is 35.9 Å². The molecule has 0 spiro atoms. The summed E-state index contributed by atoms with van der Waals surface area (Å²) >= 11 is 6.08. The second-order valence-corrected chi connectivity index (χ2v) is 4.14. The van der Waals surface area contributed by atoms with E-state index in [1.807, 2.05) is 36.4 Å². The van der Waals surface area contributed by atoms with Crippen LogP contribution in [0.15, 0.2) is 48.5 Å². The smallest absolute Gasteiger partial charge is 0.253 e. The lowest BCUT2D eigenvalue weighted by Crippen LogP contribution is -2.19. The highest BCUT2D eigenvalue weighted by molar-refractivity contribution is 6.33. The molecule has 0 heterocycles. The Labute approximate surface area is 111 Å². The lowest BCUT2D eigenvalue weighted by molar-refractivity contribution is 0.0964. The summed E-state index contributed by atoms with van der Waals surface area (Å²) in [5.74, 6) is -0.134. The van der Waals surface area contributed by atoms with Crippen LogP contribution in [0.25, 0.3) is 0 Å². The van der Waals surface area contributed by atoms with E-state index < -0.39 is 0 Å². The first-order chi connectivity index (χ1) is 8.72. The standard InChI is InChI=1S/C14H13ClN2O/c1-16-14(18)10-6-2-4-8-12(10)17-13-9-5-3-7-11(13)15/h2-9,17H,1H3,(H,16,18). The monoisotopic (exact) mass is 260 g/mol. The van der Waals surface area contributed by atoms with E-state index in [0.717, 1.165) is 11.4 Å². The normalized spacial score (nSPS) is 9.89. The molecule has 2 N–H and O–H groups in total. The Balaban J connectivity index is 2.35. The summed E-state index contributed by atoms with van der Waals surface area (Å²) in [6.07, 6.45) is 0. The highest BCUT2D eigenvalue weighted by atomic mass is 35.5. The Morgan fingerprint density at radius 1 is 1.00 bits per heavy atom. The number of hydrogen-bond acceptors (Lipinski definition) is 2. The zero-order chi connectivity index (χ0) is 13.0. The zero-order valence-corrected chi connectivity index (χ0v) is 10.7. The van der Waals surface area contributed by atoms with Crippen molar-refractivity contribution in [1.29, 1.82) is 0 Å². The van der Waals surface area contributed by atoms with Crippen molar-refractivity contribution in [2.45, 2.75) is 0 Å². The predicted molar refractivity (Wildman–Crippen MR) is 74.6 cm³/mol. The Kier molecular flexibility index (Phi) is 3.85. The Morgan fingerprint density at radius 2 is 1.61 bits per heavy atom. The van der Waals surface area contributed by atoms with Crippen molar-refractivity contribution in [1.82, 2.24) is 5.32 Å². The molecule has 0 atom stereocenters. The maximum absolute atomic E-state index is 11.7. The van der Waals surface area contributed by atoms with Crippen molar-refractivity contribution in [2.75, 3.05) is 12.4 Å². The third-order valence-electron chi connectivity index (χ3n) is 2.54. The van der Waals surface area contributed by atoms with E-state index in [0.29, 0.717) is 10.6 Å². The van der Waals surface area contributed by atoms with E-state index in [1.54, 1.807) is 19.2 Å². The van der Waals surface area contributed by atoms with Gasteiger partial charge in [0.2, 0.25) is 0 Å². The van der Waals surface area contributed by atoms with Gasteiger partial charge in [-0.25, -0.2) is 0 Å². The molecule has 4 heteroatoms. The minimum Gasteiger partial charge on any atom is -0.355 e. The molecule has 0 aliphatic carbocycles. The SMILES string of the molecule is CNC(=O)c1ccccc1Nc1ccccc1Cl. The fraction of sp³-hybridized carbons (Fsp3) is 0.0714. The summed E-state index contributed by atoms with van der Waals surface area (Å²) in [6.45, 7) is 0. The molecule has 0 aromatic heterocycles. The minimum atomic E-state index is -0.134. The number of rotatable bonds is 3. The summed E-state index contributed by atoms with van der Waals surface area (Å²) in [6, 6.07) is 14.7. The van der Waals surface area contributed by atoms with Gasteiger partial charge in [-0.3, -0.25) is 4.79 Å². The number of halogens is 1. The number of carbonyl (C=O) groups excluding carboxylic acids is 1. The van der Waals surface area contributed by atoms with Crippen LogP contribution in [-0.4, -0.2) is 13.0 Å². The van der Waals surface area contributed by atoms with Gasteiger partial charge in [0.25, 0.3) is 5.91 Å². The molecule has 0 saturated heterocycles. The highest BCUT2D eigenvalue weighted by Gasteiger charge is 2.09. The topological polar surface area (TPSA) is 41.1 Å². The van der Waals surface area contributed by atoms with E-state index in [-0.39, 0.29) is 5.91 Å². The summed E-state index contributed by atoms with van der Waals surface area (Å²) in [5.41, 5.74) is 2.08. The Morgan fingerprint density at radius 3 is 2.28 bits per heavy atom. The van der Waals surface area contributed by atoms with Gasteiger partial charge in [0.15, 0.2) is 0 Å². The molecule has 2 aromatic rings. The second kappa shape index (κ2) is 5.56. The van der Waals surface area contributed by atoms with Gasteiger partial charge in [0, 0.05) is 7.05 Å². The van der Waals surface area contributed by atoms with E-state index in [4.69, 9.17) is 11.6 Å². The summed E-state index contributed by atoms with van der Waals surface area (Å²) < 4.78 is 0. The van der Waals surface area contributed by atoms with Gasteiger partial charge in [0.05, 0.1) is 22.0 Å². The molecule has 0 aliphatic rings. The van der Waals surface area contributed by atoms with E-state index in [9.17, 15) is 4.79 Å². The molecule has 2 rings (SSSR count). The number of amides is 1. The van der Waals surface area contributed by atoms with Crippen LogP contribution in [0.3, 0.4) is 0 Å². The molecule has 92 valence electrons. The van der Waals surface area contributed by atoms with Gasteiger partial charge >= 0.3 is 0 Å². The molecule has 0 radical (unpaired) electrons. The van der Waals surface area contributed by atoms with Gasteiger partial charge in [0.1, 0.15) is 0 Å². The molecule has 0 unspecified atom stereocenters. The van der Waals surface area contributed by atoms with Gasteiger partial charge in [-0.05, 0) is 24.3 Å². The maximum atomic E-state index is 11.7. The number of hydrogen-bond donors (Lipinski definition) is 2. The number of nitrogens with one attached hydrogen (secondary N) is 2. The first-order valence-corrected chi connectivity index (χ1v) is 5.93. The molecule has 18 heavy (non-hydrogen) atoms. The molecule has 0 aliphatic heterocycles. The van der Waals surface area contributed by atoms with Crippen molar-refractivity contribution >= 4 is 28.9 Å². The fourth-order valence-electron chi connectivity index (χ4n) is 1.63. The van der Waals surface area contributed by atoms with Gasteiger partial charge < -0.3 is 10.6 Å². The minimum absolute atomic E-state index is 0.134. The Hall–Kier alpha value is -2.00. The van der Waals surface area contributed by atoms with Crippen LogP contribution in [0, 0.1) is 0 Å². The quantitative estimate of drug-likeness (QED) is 0.888. The molecule has 0 saturated carbocycles. The molecule has 0 fully saturated rings. The summed E-state index contributed by atoms with van der Waals surface area (Å²) in [5, 5.41) is 6.39. The predicted octanol–water partition coefficient (Wildman–Crippen LogP) is 3.44. The van der Waals surface area contributed by atoms with Crippen molar-refractivity contribution < 1.29 is 4.79 Å². The average molecular weight is 261 g/mol. The highest BCUT2D eigenvalue weighted by Crippen LogP contribution is 2.26. The van der Waals surface area contributed by atoms with Gasteiger partial charge in [-0.15, -0.1) is 0 Å². The largest absolute Gasteiger partial charge is 0.355 e. The van der Waals surface area contributed by atoms with E-state index in [2.05, 4.69) is 10.6 Å². The number of benzene rings is 2. The Bertz CT molecular complexity index is 569. The third-order valence-corrected chi connectivity index (χ3v) is 2.87. The number of carbonyl (C=O) groups is 1. The van der Waals surface area contributed by atoms with Crippen LogP contribution >= 0.6 is 11.6 Å². The molecular formula is C14H13ClN2O. The van der Waals surface area contributed by atoms with Crippen LogP contribution in [0.4, 0.5) is 11.4 Å².